The molecule has 1 aliphatic heterocycles. The van der Waals surface area contributed by atoms with Crippen LogP contribution in [0, 0.1) is 5.41 Å². The Labute approximate surface area is 144 Å². The van der Waals surface area contributed by atoms with Gasteiger partial charge >= 0.3 is 0 Å². The zero-order valence-corrected chi connectivity index (χ0v) is 15.2. The predicted octanol–water partition coefficient (Wildman–Crippen LogP) is 2.34. The molecule has 0 aromatic heterocycles. The van der Waals surface area contributed by atoms with Crippen LogP contribution in [-0.2, 0) is 16.0 Å². The van der Waals surface area contributed by atoms with E-state index >= 15 is 0 Å². The molecule has 0 aliphatic carbocycles. The van der Waals surface area contributed by atoms with E-state index in [1.807, 2.05) is 54.8 Å². The summed E-state index contributed by atoms with van der Waals surface area (Å²) in [5.74, 6) is 1.12. The van der Waals surface area contributed by atoms with Crippen LogP contribution in [0.4, 0.5) is 0 Å². The Hall–Kier alpha value is -2.04. The number of hydrogen-bond acceptors (Lipinski definition) is 3. The first-order chi connectivity index (χ1) is 11.3. The van der Waals surface area contributed by atoms with Gasteiger partial charge in [0.25, 0.3) is 0 Å². The second kappa shape index (κ2) is 7.69. The molecule has 0 spiro atoms. The fraction of sp³-hybridized carbons (Fsp3) is 0.579. The molecule has 1 aromatic carbocycles. The number of carbonyl (C=O) groups is 2. The van der Waals surface area contributed by atoms with Gasteiger partial charge in [-0.25, -0.2) is 0 Å². The van der Waals surface area contributed by atoms with Crippen LogP contribution in [0.2, 0.25) is 0 Å². The minimum Gasteiger partial charge on any atom is -0.496 e. The normalized spacial score (nSPS) is 15.3. The lowest BCUT2D eigenvalue weighted by Gasteiger charge is -2.37. The SMILES string of the molecule is COc1ccccc1CCC(=O)N1CCN(C(=O)C(C)(C)C)CC1. The summed E-state index contributed by atoms with van der Waals surface area (Å²) in [6.45, 7) is 8.27. The Balaban J connectivity index is 1.84. The number of amides is 2. The monoisotopic (exact) mass is 332 g/mol. The number of hydrogen-bond donors (Lipinski definition) is 0. The topological polar surface area (TPSA) is 49.9 Å². The van der Waals surface area contributed by atoms with Crippen LogP contribution in [-0.4, -0.2) is 54.9 Å². The van der Waals surface area contributed by atoms with Crippen LogP contribution in [0.5, 0.6) is 5.75 Å². The van der Waals surface area contributed by atoms with Crippen molar-refractivity contribution in [3.8, 4) is 5.75 Å². The molecule has 1 saturated heterocycles. The molecule has 1 heterocycles. The minimum atomic E-state index is -0.365. The first-order valence-electron chi connectivity index (χ1n) is 8.52. The zero-order chi connectivity index (χ0) is 17.7. The fourth-order valence-electron chi connectivity index (χ4n) is 2.94. The van der Waals surface area contributed by atoms with Gasteiger partial charge in [0.15, 0.2) is 0 Å². The largest absolute Gasteiger partial charge is 0.496 e. The first-order valence-corrected chi connectivity index (χ1v) is 8.52. The van der Waals surface area contributed by atoms with E-state index < -0.39 is 0 Å². The highest BCUT2D eigenvalue weighted by Crippen LogP contribution is 2.21. The van der Waals surface area contributed by atoms with Crippen molar-refractivity contribution in [1.82, 2.24) is 9.80 Å². The predicted molar refractivity (Wildman–Crippen MR) is 93.9 cm³/mol. The summed E-state index contributed by atoms with van der Waals surface area (Å²) in [6, 6.07) is 7.79. The highest BCUT2D eigenvalue weighted by molar-refractivity contribution is 5.82. The second-order valence-electron chi connectivity index (χ2n) is 7.23. The van der Waals surface area contributed by atoms with Gasteiger partial charge in [-0.1, -0.05) is 39.0 Å². The molecule has 5 heteroatoms. The summed E-state index contributed by atoms with van der Waals surface area (Å²) >= 11 is 0. The molecule has 132 valence electrons. The molecule has 0 atom stereocenters. The summed E-state index contributed by atoms with van der Waals surface area (Å²) in [5.41, 5.74) is 0.686. The third-order valence-corrected chi connectivity index (χ3v) is 4.36. The van der Waals surface area contributed by atoms with Gasteiger partial charge in [0, 0.05) is 38.0 Å². The average Bonchev–Trinajstić information content (AvgIpc) is 2.58. The average molecular weight is 332 g/mol. The number of para-hydroxylation sites is 1. The Morgan fingerprint density at radius 3 is 2.21 bits per heavy atom. The molecule has 2 rings (SSSR count). The van der Waals surface area contributed by atoms with Gasteiger partial charge in [0.1, 0.15) is 5.75 Å². The molecule has 0 bridgehead atoms. The van der Waals surface area contributed by atoms with Crippen LogP contribution in [0.3, 0.4) is 0 Å². The molecule has 24 heavy (non-hydrogen) atoms. The van der Waals surface area contributed by atoms with E-state index in [9.17, 15) is 9.59 Å². The van der Waals surface area contributed by atoms with E-state index in [0.29, 0.717) is 39.0 Å². The number of methoxy groups -OCH3 is 1. The molecule has 1 aliphatic rings. The van der Waals surface area contributed by atoms with Gasteiger partial charge < -0.3 is 14.5 Å². The van der Waals surface area contributed by atoms with Gasteiger partial charge in [0.05, 0.1) is 7.11 Å². The summed E-state index contributed by atoms with van der Waals surface area (Å²) in [7, 11) is 1.64. The van der Waals surface area contributed by atoms with Gasteiger partial charge in [-0.05, 0) is 18.1 Å². The van der Waals surface area contributed by atoms with Crippen molar-refractivity contribution in [2.75, 3.05) is 33.3 Å². The Morgan fingerprint density at radius 1 is 1.04 bits per heavy atom. The van der Waals surface area contributed by atoms with E-state index in [4.69, 9.17) is 4.74 Å². The van der Waals surface area contributed by atoms with Crippen molar-refractivity contribution in [1.29, 1.82) is 0 Å². The quantitative estimate of drug-likeness (QED) is 0.850. The van der Waals surface area contributed by atoms with E-state index in [2.05, 4.69) is 0 Å². The van der Waals surface area contributed by atoms with Gasteiger partial charge in [-0.3, -0.25) is 9.59 Å². The van der Waals surface area contributed by atoms with E-state index in [1.165, 1.54) is 0 Å². The van der Waals surface area contributed by atoms with Crippen LogP contribution in [0.1, 0.15) is 32.8 Å². The summed E-state index contributed by atoms with van der Waals surface area (Å²) in [4.78, 5) is 28.4. The molecular weight excluding hydrogens is 304 g/mol. The van der Waals surface area contributed by atoms with E-state index in [1.54, 1.807) is 7.11 Å². The highest BCUT2D eigenvalue weighted by atomic mass is 16.5. The van der Waals surface area contributed by atoms with Crippen molar-refractivity contribution >= 4 is 11.8 Å². The first kappa shape index (κ1) is 18.3. The summed E-state index contributed by atoms with van der Waals surface area (Å²) in [5, 5.41) is 0. The van der Waals surface area contributed by atoms with Crippen molar-refractivity contribution < 1.29 is 14.3 Å². The van der Waals surface area contributed by atoms with Gasteiger partial charge in [0.2, 0.25) is 11.8 Å². The Bertz CT molecular complexity index is 585. The van der Waals surface area contributed by atoms with E-state index in [-0.39, 0.29) is 17.2 Å². The minimum absolute atomic E-state index is 0.142. The number of rotatable bonds is 4. The van der Waals surface area contributed by atoms with Crippen LogP contribution in [0.25, 0.3) is 0 Å². The van der Waals surface area contributed by atoms with Crippen LogP contribution < -0.4 is 4.74 Å². The number of nitrogens with zero attached hydrogens (tertiary/aromatic N) is 2. The summed E-state index contributed by atoms with van der Waals surface area (Å²) in [6.07, 6.45) is 1.14. The molecule has 1 aromatic rings. The van der Waals surface area contributed by atoms with Crippen LogP contribution in [0.15, 0.2) is 24.3 Å². The molecule has 2 amide bonds. The lowest BCUT2D eigenvalue weighted by Crippen LogP contribution is -2.53. The number of benzene rings is 1. The third kappa shape index (κ3) is 4.49. The Morgan fingerprint density at radius 2 is 1.62 bits per heavy atom. The molecule has 0 radical (unpaired) electrons. The molecule has 0 unspecified atom stereocenters. The molecule has 5 nitrogen and oxygen atoms in total. The smallest absolute Gasteiger partial charge is 0.228 e. The zero-order valence-electron chi connectivity index (χ0n) is 15.2. The number of carbonyl (C=O) groups excluding carboxylic acids is 2. The molecular formula is C19H28N2O3. The lowest BCUT2D eigenvalue weighted by atomic mass is 9.94. The standard InChI is InChI=1S/C19H28N2O3/c1-19(2,3)18(23)21-13-11-20(12-14-21)17(22)10-9-15-7-5-6-8-16(15)24-4/h5-8H,9-14H2,1-4H3. The number of aryl methyl sites for hydroxylation is 1. The van der Waals surface area contributed by atoms with Gasteiger partial charge in [-0.15, -0.1) is 0 Å². The second-order valence-corrected chi connectivity index (χ2v) is 7.23. The van der Waals surface area contributed by atoms with Crippen LogP contribution >= 0.6 is 0 Å². The van der Waals surface area contributed by atoms with Gasteiger partial charge in [-0.2, -0.15) is 0 Å². The van der Waals surface area contributed by atoms with Crippen molar-refractivity contribution in [2.45, 2.75) is 33.6 Å². The van der Waals surface area contributed by atoms with Crippen molar-refractivity contribution in [2.24, 2.45) is 5.41 Å². The summed E-state index contributed by atoms with van der Waals surface area (Å²) < 4.78 is 5.33. The molecule has 0 saturated carbocycles. The number of ether oxygens (including phenoxy) is 1. The maximum atomic E-state index is 12.4. The highest BCUT2D eigenvalue weighted by Gasteiger charge is 2.30. The maximum Gasteiger partial charge on any atom is 0.228 e. The fourth-order valence-corrected chi connectivity index (χ4v) is 2.94. The molecule has 1 fully saturated rings. The third-order valence-electron chi connectivity index (χ3n) is 4.36. The molecule has 0 N–H and O–H groups in total. The van der Waals surface area contributed by atoms with E-state index in [0.717, 1.165) is 11.3 Å². The van der Waals surface area contributed by atoms with Crippen molar-refractivity contribution in [3.63, 3.8) is 0 Å². The Kier molecular flexibility index (Phi) is 5.86. The number of piperazine rings is 1. The lowest BCUT2D eigenvalue weighted by molar-refractivity contribution is -0.144. The maximum absolute atomic E-state index is 12.4. The van der Waals surface area contributed by atoms with Crippen molar-refractivity contribution in [3.05, 3.63) is 29.8 Å².